The first kappa shape index (κ1) is 20.1. The quantitative estimate of drug-likeness (QED) is 0.710. The van der Waals surface area contributed by atoms with Gasteiger partial charge < -0.3 is 16.0 Å². The summed E-state index contributed by atoms with van der Waals surface area (Å²) in [6, 6.07) is 4.19. The molecule has 2 heterocycles. The Kier molecular flexibility index (Phi) is 5.29. The van der Waals surface area contributed by atoms with Crippen LogP contribution in [-0.2, 0) is 6.18 Å². The van der Waals surface area contributed by atoms with E-state index in [1.807, 2.05) is 0 Å². The lowest BCUT2D eigenvalue weighted by Gasteiger charge is -2.40. The zero-order valence-electron chi connectivity index (χ0n) is 15.1. The number of aromatic amines is 1. The smallest absolute Gasteiger partial charge is 0.399 e. The number of halogens is 4. The fourth-order valence-electron chi connectivity index (χ4n) is 3.34. The molecule has 1 aliphatic rings. The fourth-order valence-corrected chi connectivity index (χ4v) is 3.65. The molecule has 10 heteroatoms. The van der Waals surface area contributed by atoms with Crippen molar-refractivity contribution in [3.8, 4) is 0 Å². The number of carbonyl (C=O) groups excluding carboxylic acids is 1. The van der Waals surface area contributed by atoms with Crippen molar-refractivity contribution in [3.05, 3.63) is 58.0 Å². The summed E-state index contributed by atoms with van der Waals surface area (Å²) < 4.78 is 39.4. The number of benzene rings is 1. The molecule has 0 radical (unpaired) electrons. The molecule has 1 aliphatic heterocycles. The topological polar surface area (TPSA) is 87.0 Å². The first-order valence-corrected chi connectivity index (χ1v) is 8.92. The summed E-state index contributed by atoms with van der Waals surface area (Å²) in [7, 11) is 0. The molecule has 0 fully saturated rings. The van der Waals surface area contributed by atoms with Gasteiger partial charge in [0.2, 0.25) is 0 Å². The minimum absolute atomic E-state index is 0.201. The van der Waals surface area contributed by atoms with Crippen molar-refractivity contribution >= 4 is 23.3 Å². The summed E-state index contributed by atoms with van der Waals surface area (Å²) in [5.41, 5.74) is 6.13. The Labute approximate surface area is 164 Å². The molecule has 6 nitrogen and oxygen atoms in total. The van der Waals surface area contributed by atoms with Crippen LogP contribution in [0, 0.1) is 0 Å². The number of rotatable bonds is 3. The van der Waals surface area contributed by atoms with Crippen LogP contribution >= 0.6 is 11.6 Å². The molecule has 2 atom stereocenters. The Bertz CT molecular complexity index is 910. The number of aromatic nitrogens is 2. The van der Waals surface area contributed by atoms with Crippen molar-refractivity contribution in [3.63, 3.8) is 0 Å². The Morgan fingerprint density at radius 1 is 1.36 bits per heavy atom. The number of alkyl halides is 3. The second kappa shape index (κ2) is 7.38. The zero-order valence-corrected chi connectivity index (χ0v) is 15.9. The third kappa shape index (κ3) is 3.66. The van der Waals surface area contributed by atoms with Crippen molar-refractivity contribution in [1.29, 1.82) is 0 Å². The number of hydrogen-bond donors (Lipinski definition) is 3. The van der Waals surface area contributed by atoms with Gasteiger partial charge in [-0.25, -0.2) is 0 Å². The van der Waals surface area contributed by atoms with Crippen LogP contribution in [-0.4, -0.2) is 33.1 Å². The van der Waals surface area contributed by atoms with Crippen molar-refractivity contribution < 1.29 is 18.0 Å². The molecule has 2 aromatic rings. The van der Waals surface area contributed by atoms with E-state index in [2.05, 4.69) is 15.5 Å². The number of nitrogens with zero attached hydrogens (tertiary/aromatic N) is 2. The van der Waals surface area contributed by atoms with Crippen LogP contribution in [0.5, 0.6) is 0 Å². The SMILES string of the molecule is CC1CC(Nc2ccn[nH]2)=C(N)C(C)N1C(=O)c1cccc(C(F)(F)F)c1Cl. The van der Waals surface area contributed by atoms with Gasteiger partial charge in [0.15, 0.2) is 0 Å². The van der Waals surface area contributed by atoms with E-state index >= 15 is 0 Å². The van der Waals surface area contributed by atoms with Crippen molar-refractivity contribution in [1.82, 2.24) is 15.1 Å². The van der Waals surface area contributed by atoms with Crippen LogP contribution in [0.15, 0.2) is 41.9 Å². The maximum Gasteiger partial charge on any atom is 0.417 e. The maximum atomic E-state index is 13.1. The molecule has 1 aromatic heterocycles. The third-order valence-electron chi connectivity index (χ3n) is 4.75. The normalized spacial score (nSPS) is 20.4. The lowest BCUT2D eigenvalue weighted by atomic mass is 9.96. The van der Waals surface area contributed by atoms with Gasteiger partial charge in [0.25, 0.3) is 5.91 Å². The highest BCUT2D eigenvalue weighted by atomic mass is 35.5. The second-order valence-corrected chi connectivity index (χ2v) is 7.01. The van der Waals surface area contributed by atoms with Gasteiger partial charge in [-0.3, -0.25) is 9.89 Å². The first-order chi connectivity index (χ1) is 13.1. The summed E-state index contributed by atoms with van der Waals surface area (Å²) >= 11 is 5.93. The van der Waals surface area contributed by atoms with E-state index in [0.717, 1.165) is 11.8 Å². The van der Waals surface area contributed by atoms with E-state index in [9.17, 15) is 18.0 Å². The molecule has 150 valence electrons. The highest BCUT2D eigenvalue weighted by Gasteiger charge is 2.38. The Morgan fingerprint density at radius 2 is 2.07 bits per heavy atom. The Balaban J connectivity index is 1.92. The minimum Gasteiger partial charge on any atom is -0.399 e. The summed E-state index contributed by atoms with van der Waals surface area (Å²) in [5.74, 6) is 0.0534. The Hall–Kier alpha value is -2.68. The van der Waals surface area contributed by atoms with E-state index in [0.29, 0.717) is 17.9 Å². The number of anilines is 1. The van der Waals surface area contributed by atoms with Gasteiger partial charge in [0, 0.05) is 24.2 Å². The standard InChI is InChI=1S/C18H19ClF3N5O/c1-9-8-13(25-14-6-7-24-26-14)16(23)10(2)27(9)17(28)11-4-3-5-12(15(11)19)18(20,21)22/h3-7,9-10H,8,23H2,1-2H3,(H2,24,25,26). The summed E-state index contributed by atoms with van der Waals surface area (Å²) in [5, 5.41) is 9.14. The van der Waals surface area contributed by atoms with E-state index in [4.69, 9.17) is 17.3 Å². The Morgan fingerprint density at radius 3 is 2.68 bits per heavy atom. The van der Waals surface area contributed by atoms with Crippen LogP contribution in [0.25, 0.3) is 0 Å². The average molecular weight is 414 g/mol. The lowest BCUT2D eigenvalue weighted by Crippen LogP contribution is -2.51. The predicted octanol–water partition coefficient (Wildman–Crippen LogP) is 3.99. The molecule has 1 amide bonds. The van der Waals surface area contributed by atoms with Gasteiger partial charge in [0.1, 0.15) is 5.82 Å². The molecule has 0 spiro atoms. The van der Waals surface area contributed by atoms with Gasteiger partial charge in [-0.2, -0.15) is 18.3 Å². The van der Waals surface area contributed by atoms with Crippen molar-refractivity contribution in [2.45, 2.75) is 38.5 Å². The fraction of sp³-hybridized carbons (Fsp3) is 0.333. The van der Waals surface area contributed by atoms with E-state index < -0.39 is 28.7 Å². The summed E-state index contributed by atoms with van der Waals surface area (Å²) in [6.45, 7) is 3.52. The van der Waals surface area contributed by atoms with E-state index in [1.165, 1.54) is 17.0 Å². The van der Waals surface area contributed by atoms with Crippen LogP contribution < -0.4 is 11.1 Å². The lowest BCUT2D eigenvalue weighted by molar-refractivity contribution is -0.137. The molecule has 0 bridgehead atoms. The second-order valence-electron chi connectivity index (χ2n) is 6.64. The summed E-state index contributed by atoms with van der Waals surface area (Å²) in [4.78, 5) is 14.5. The van der Waals surface area contributed by atoms with Crippen molar-refractivity contribution in [2.24, 2.45) is 5.73 Å². The van der Waals surface area contributed by atoms with Gasteiger partial charge in [-0.1, -0.05) is 17.7 Å². The van der Waals surface area contributed by atoms with Crippen LogP contribution in [0.2, 0.25) is 5.02 Å². The molecule has 3 rings (SSSR count). The molecule has 2 unspecified atom stereocenters. The van der Waals surface area contributed by atoms with Crippen LogP contribution in [0.3, 0.4) is 0 Å². The molecule has 0 saturated heterocycles. The van der Waals surface area contributed by atoms with Crippen LogP contribution in [0.1, 0.15) is 36.2 Å². The van der Waals surface area contributed by atoms with Crippen molar-refractivity contribution in [2.75, 3.05) is 5.32 Å². The predicted molar refractivity (Wildman–Crippen MR) is 99.6 cm³/mol. The summed E-state index contributed by atoms with van der Waals surface area (Å²) in [6.07, 6.45) is -2.66. The monoisotopic (exact) mass is 413 g/mol. The number of H-pyrrole nitrogens is 1. The largest absolute Gasteiger partial charge is 0.417 e. The zero-order chi connectivity index (χ0) is 20.6. The molecule has 0 saturated carbocycles. The molecule has 1 aromatic carbocycles. The van der Waals surface area contributed by atoms with Gasteiger partial charge in [-0.15, -0.1) is 0 Å². The number of hydrogen-bond acceptors (Lipinski definition) is 4. The highest BCUT2D eigenvalue weighted by molar-refractivity contribution is 6.34. The first-order valence-electron chi connectivity index (χ1n) is 8.54. The minimum atomic E-state index is -4.65. The molecule has 4 N–H and O–H groups in total. The van der Waals surface area contributed by atoms with E-state index in [1.54, 1.807) is 26.1 Å². The average Bonchev–Trinajstić information content (AvgIpc) is 3.11. The van der Waals surface area contributed by atoms with Gasteiger partial charge >= 0.3 is 6.18 Å². The molecule has 28 heavy (non-hydrogen) atoms. The number of nitrogens with two attached hydrogens (primary N) is 1. The molecular formula is C18H19ClF3N5O. The number of amides is 1. The van der Waals surface area contributed by atoms with Gasteiger partial charge in [-0.05, 0) is 26.0 Å². The third-order valence-corrected chi connectivity index (χ3v) is 5.15. The molecule has 0 aliphatic carbocycles. The maximum absolute atomic E-state index is 13.1. The highest BCUT2D eigenvalue weighted by Crippen LogP contribution is 2.37. The number of carbonyl (C=O) groups is 1. The molecular weight excluding hydrogens is 395 g/mol. The van der Waals surface area contributed by atoms with E-state index in [-0.39, 0.29) is 11.6 Å². The van der Waals surface area contributed by atoms with Crippen LogP contribution in [0.4, 0.5) is 19.0 Å². The van der Waals surface area contributed by atoms with Gasteiger partial charge in [0.05, 0.1) is 34.1 Å². The number of nitrogens with one attached hydrogen (secondary N) is 2.